The molecule has 4 aromatic rings. The number of amides is 1. The van der Waals surface area contributed by atoms with E-state index in [0.717, 1.165) is 16.8 Å². The molecule has 0 fully saturated rings. The van der Waals surface area contributed by atoms with Gasteiger partial charge in [0.25, 0.3) is 5.91 Å². The third-order valence-corrected chi connectivity index (χ3v) is 4.82. The Morgan fingerprint density at radius 2 is 1.91 bits per heavy atom. The molecule has 1 aromatic carbocycles. The van der Waals surface area contributed by atoms with Gasteiger partial charge in [0.05, 0.1) is 23.4 Å². The summed E-state index contributed by atoms with van der Waals surface area (Å²) in [6.07, 6.45) is 6.25. The minimum atomic E-state index is -0.453. The Morgan fingerprint density at radius 1 is 1.09 bits per heavy atom. The van der Waals surface area contributed by atoms with Crippen LogP contribution in [0.4, 0.5) is 0 Å². The highest BCUT2D eigenvalue weighted by molar-refractivity contribution is 5.96. The first-order chi connectivity index (χ1) is 16.0. The van der Waals surface area contributed by atoms with Crippen LogP contribution in [0, 0.1) is 0 Å². The maximum atomic E-state index is 12.5. The van der Waals surface area contributed by atoms with Crippen LogP contribution in [-0.2, 0) is 11.3 Å². The molecule has 1 amide bonds. The molecule has 2 N–H and O–H groups in total. The van der Waals surface area contributed by atoms with Gasteiger partial charge < -0.3 is 15.2 Å². The molecule has 9 nitrogen and oxygen atoms in total. The van der Waals surface area contributed by atoms with Gasteiger partial charge in [-0.05, 0) is 36.8 Å². The molecule has 0 atom stereocenters. The van der Waals surface area contributed by atoms with Gasteiger partial charge in [-0.2, -0.15) is 5.10 Å². The van der Waals surface area contributed by atoms with Crippen LogP contribution >= 0.6 is 0 Å². The zero-order valence-electron chi connectivity index (χ0n) is 17.8. The topological polar surface area (TPSA) is 119 Å². The van der Waals surface area contributed by atoms with Gasteiger partial charge in [-0.15, -0.1) is 0 Å². The van der Waals surface area contributed by atoms with Crippen molar-refractivity contribution >= 4 is 11.9 Å². The lowest BCUT2D eigenvalue weighted by molar-refractivity contribution is 0.0526. The highest BCUT2D eigenvalue weighted by Gasteiger charge is 2.14. The third-order valence-electron chi connectivity index (χ3n) is 4.82. The number of hydrogen-bond acceptors (Lipinski definition) is 7. The number of nitrogens with one attached hydrogen (secondary N) is 1. The van der Waals surface area contributed by atoms with Crippen LogP contribution < -0.4 is 5.32 Å². The molecule has 0 saturated carbocycles. The molecule has 0 saturated heterocycles. The van der Waals surface area contributed by atoms with Crippen LogP contribution in [0.5, 0.6) is 5.75 Å². The van der Waals surface area contributed by atoms with Crippen molar-refractivity contribution < 1.29 is 19.4 Å². The van der Waals surface area contributed by atoms with Gasteiger partial charge in [-0.25, -0.2) is 14.5 Å². The molecular formula is C24H21N5O4. The van der Waals surface area contributed by atoms with Crippen molar-refractivity contribution in [2.24, 2.45) is 0 Å². The highest BCUT2D eigenvalue weighted by atomic mass is 16.5. The van der Waals surface area contributed by atoms with E-state index in [9.17, 15) is 14.7 Å². The van der Waals surface area contributed by atoms with Crippen LogP contribution in [0.2, 0.25) is 0 Å². The molecule has 33 heavy (non-hydrogen) atoms. The number of rotatable bonds is 7. The van der Waals surface area contributed by atoms with Crippen LogP contribution in [0.1, 0.15) is 33.2 Å². The Morgan fingerprint density at radius 3 is 2.55 bits per heavy atom. The molecule has 0 aliphatic carbocycles. The Hall–Kier alpha value is -4.53. The Kier molecular flexibility index (Phi) is 6.40. The fourth-order valence-electron chi connectivity index (χ4n) is 3.11. The maximum absolute atomic E-state index is 12.5. The van der Waals surface area contributed by atoms with E-state index in [-0.39, 0.29) is 23.8 Å². The predicted molar refractivity (Wildman–Crippen MR) is 120 cm³/mol. The lowest BCUT2D eigenvalue weighted by Gasteiger charge is -2.09. The number of carbonyl (C=O) groups is 2. The normalized spacial score (nSPS) is 10.6. The number of aromatic nitrogens is 4. The first-order valence-corrected chi connectivity index (χ1v) is 10.2. The van der Waals surface area contributed by atoms with Gasteiger partial charge in [-0.3, -0.25) is 9.78 Å². The molecule has 0 unspecified atom stereocenters. The summed E-state index contributed by atoms with van der Waals surface area (Å²) in [5.74, 6) is -0.595. The van der Waals surface area contributed by atoms with Gasteiger partial charge in [0.2, 0.25) is 0 Å². The Balaban J connectivity index is 1.37. The summed E-state index contributed by atoms with van der Waals surface area (Å²) in [4.78, 5) is 32.8. The number of hydrogen-bond donors (Lipinski definition) is 2. The molecule has 0 aliphatic rings. The van der Waals surface area contributed by atoms with Crippen LogP contribution in [-0.4, -0.2) is 43.3 Å². The average Bonchev–Trinajstić information content (AvgIpc) is 3.38. The maximum Gasteiger partial charge on any atom is 0.338 e. The van der Waals surface area contributed by atoms with E-state index in [1.54, 1.807) is 55.8 Å². The predicted octanol–water partition coefficient (Wildman–Crippen LogP) is 3.14. The smallest absolute Gasteiger partial charge is 0.338 e. The van der Waals surface area contributed by atoms with Crippen molar-refractivity contribution in [2.75, 3.05) is 6.61 Å². The monoisotopic (exact) mass is 443 g/mol. The summed E-state index contributed by atoms with van der Waals surface area (Å²) in [5, 5.41) is 17.0. The van der Waals surface area contributed by atoms with Gasteiger partial charge >= 0.3 is 5.97 Å². The fourth-order valence-corrected chi connectivity index (χ4v) is 3.11. The first kappa shape index (κ1) is 21.7. The average molecular weight is 443 g/mol. The van der Waals surface area contributed by atoms with Crippen LogP contribution in [0.3, 0.4) is 0 Å². The molecular weight excluding hydrogens is 422 g/mol. The van der Waals surface area contributed by atoms with Crippen LogP contribution in [0.15, 0.2) is 73.3 Å². The summed E-state index contributed by atoms with van der Waals surface area (Å²) in [6.45, 7) is 2.32. The number of carbonyl (C=O) groups excluding carboxylic acids is 2. The van der Waals surface area contributed by atoms with Crippen molar-refractivity contribution in [1.29, 1.82) is 0 Å². The molecule has 0 spiro atoms. The molecule has 3 aromatic heterocycles. The number of pyridine rings is 2. The SMILES string of the molecule is CCOC(=O)c1ccc(-c2ccc(CNC(=O)c3cnc(-n4cccn4)cc3O)cn2)cc1. The number of aromatic hydroxyl groups is 1. The summed E-state index contributed by atoms with van der Waals surface area (Å²) in [7, 11) is 0. The van der Waals surface area contributed by atoms with Crippen molar-refractivity contribution in [3.63, 3.8) is 0 Å². The standard InChI is InChI=1S/C24H21N5O4/c1-2-33-24(32)18-7-5-17(6-8-18)20-9-4-16(13-25-20)14-27-23(31)19-15-26-22(12-21(19)30)29-11-3-10-28-29/h3-13,15H,2,14H2,1H3,(H,26,30)(H,27,31). The van der Waals surface area contributed by atoms with Crippen molar-refractivity contribution in [3.05, 3.63) is 90.0 Å². The molecule has 0 bridgehead atoms. The second-order valence-electron chi connectivity index (χ2n) is 7.04. The quantitative estimate of drug-likeness (QED) is 0.421. The fraction of sp³-hybridized carbons (Fsp3) is 0.125. The molecule has 0 aliphatic heterocycles. The van der Waals surface area contributed by atoms with E-state index in [1.807, 2.05) is 12.1 Å². The minimum Gasteiger partial charge on any atom is -0.507 e. The Labute approximate surface area is 189 Å². The zero-order valence-corrected chi connectivity index (χ0v) is 17.8. The van der Waals surface area contributed by atoms with E-state index in [4.69, 9.17) is 4.74 Å². The molecule has 9 heteroatoms. The van der Waals surface area contributed by atoms with E-state index >= 15 is 0 Å². The van der Waals surface area contributed by atoms with E-state index in [2.05, 4.69) is 20.4 Å². The lowest BCUT2D eigenvalue weighted by Crippen LogP contribution is -2.23. The number of ether oxygens (including phenoxy) is 1. The number of benzene rings is 1. The van der Waals surface area contributed by atoms with E-state index in [0.29, 0.717) is 18.0 Å². The molecule has 166 valence electrons. The molecule has 3 heterocycles. The number of esters is 1. The van der Waals surface area contributed by atoms with Gasteiger partial charge in [-0.1, -0.05) is 18.2 Å². The van der Waals surface area contributed by atoms with Gasteiger partial charge in [0.15, 0.2) is 5.82 Å². The van der Waals surface area contributed by atoms with Crippen molar-refractivity contribution in [3.8, 4) is 22.8 Å². The second kappa shape index (κ2) is 9.73. The third kappa shape index (κ3) is 5.04. The molecule has 4 rings (SSSR count). The van der Waals surface area contributed by atoms with Crippen molar-refractivity contribution in [1.82, 2.24) is 25.1 Å². The highest BCUT2D eigenvalue weighted by Crippen LogP contribution is 2.20. The zero-order chi connectivity index (χ0) is 23.2. The summed E-state index contributed by atoms with van der Waals surface area (Å²) >= 11 is 0. The largest absolute Gasteiger partial charge is 0.507 e. The van der Waals surface area contributed by atoms with Gasteiger partial charge in [0.1, 0.15) is 5.75 Å². The van der Waals surface area contributed by atoms with Crippen LogP contribution in [0.25, 0.3) is 17.1 Å². The summed E-state index contributed by atoms with van der Waals surface area (Å²) < 4.78 is 6.47. The molecule has 0 radical (unpaired) electrons. The second-order valence-corrected chi connectivity index (χ2v) is 7.04. The van der Waals surface area contributed by atoms with E-state index in [1.165, 1.54) is 16.9 Å². The summed E-state index contributed by atoms with van der Waals surface area (Å²) in [6, 6.07) is 13.8. The van der Waals surface area contributed by atoms with Gasteiger partial charge in [0, 0.05) is 43.0 Å². The Bertz CT molecular complexity index is 1250. The summed E-state index contributed by atoms with van der Waals surface area (Å²) in [5.41, 5.74) is 2.92. The number of nitrogens with zero attached hydrogens (tertiary/aromatic N) is 4. The first-order valence-electron chi connectivity index (χ1n) is 10.2. The van der Waals surface area contributed by atoms with Crippen molar-refractivity contribution in [2.45, 2.75) is 13.5 Å². The lowest BCUT2D eigenvalue weighted by atomic mass is 10.1. The van der Waals surface area contributed by atoms with E-state index < -0.39 is 5.91 Å². The minimum absolute atomic E-state index is 0.0668.